The molecular weight excluding hydrogens is 371 g/mol. The number of alkyl halides is 3. The molecule has 12 heteroatoms. The largest absolute Gasteiger partial charge is 0.417 e. The van der Waals surface area contributed by atoms with Crippen LogP contribution in [0.15, 0.2) is 23.6 Å². The zero-order chi connectivity index (χ0) is 18.6. The number of nitrogens with two attached hydrogens (primary N) is 2. The molecule has 4 heterocycles. The summed E-state index contributed by atoms with van der Waals surface area (Å²) in [6, 6.07) is 4.27. The number of carbonyl (C=O) groups is 1. The number of thiophene rings is 1. The maximum Gasteiger partial charge on any atom is 0.417 e. The number of hydrogen-bond acceptors (Lipinski definition) is 7. The predicted molar refractivity (Wildman–Crippen MR) is 87.3 cm³/mol. The van der Waals surface area contributed by atoms with Gasteiger partial charge in [0.25, 0.3) is 5.91 Å². The second kappa shape index (κ2) is 5.36. The van der Waals surface area contributed by atoms with Crippen molar-refractivity contribution in [2.45, 2.75) is 6.18 Å². The highest BCUT2D eigenvalue weighted by Gasteiger charge is 2.36. The van der Waals surface area contributed by atoms with Crippen molar-refractivity contribution in [3.63, 3.8) is 0 Å². The van der Waals surface area contributed by atoms with Gasteiger partial charge in [0, 0.05) is 0 Å². The number of fused-ring (bicyclic) bond motifs is 3. The summed E-state index contributed by atoms with van der Waals surface area (Å²) in [6.07, 6.45) is -4.68. The molecule has 4 aromatic rings. The average Bonchev–Trinajstić information content (AvgIpc) is 3.20. The average molecular weight is 379 g/mol. The smallest absolute Gasteiger partial charge is 0.382 e. The van der Waals surface area contributed by atoms with Crippen LogP contribution in [0.5, 0.6) is 0 Å². The molecular formula is C14H8F3N7OS. The lowest BCUT2D eigenvalue weighted by molar-refractivity contribution is -0.136. The van der Waals surface area contributed by atoms with Crippen molar-refractivity contribution in [1.29, 1.82) is 0 Å². The third-order valence-electron chi connectivity index (χ3n) is 3.65. The van der Waals surface area contributed by atoms with Gasteiger partial charge in [-0.1, -0.05) is 6.07 Å². The van der Waals surface area contributed by atoms with Crippen LogP contribution in [0.2, 0.25) is 0 Å². The molecule has 4 rings (SSSR count). The summed E-state index contributed by atoms with van der Waals surface area (Å²) in [4.78, 5) is 16.1. The Bertz CT molecular complexity index is 1170. The van der Waals surface area contributed by atoms with Gasteiger partial charge in [-0.2, -0.15) is 17.7 Å². The van der Waals surface area contributed by atoms with Gasteiger partial charge < -0.3 is 11.5 Å². The number of halogens is 3. The molecule has 26 heavy (non-hydrogen) atoms. The molecule has 0 unspecified atom stereocenters. The quantitative estimate of drug-likeness (QED) is 0.549. The number of anilines is 1. The monoisotopic (exact) mass is 379 g/mol. The molecule has 0 aliphatic carbocycles. The number of aromatic nitrogens is 5. The Morgan fingerprint density at radius 2 is 2.04 bits per heavy atom. The van der Waals surface area contributed by atoms with E-state index in [2.05, 4.69) is 20.3 Å². The maximum absolute atomic E-state index is 13.6. The van der Waals surface area contributed by atoms with E-state index in [1.165, 1.54) is 11.3 Å². The molecule has 0 saturated heterocycles. The van der Waals surface area contributed by atoms with Crippen molar-refractivity contribution in [2.24, 2.45) is 5.73 Å². The number of nitrogen functional groups attached to an aromatic ring is 1. The summed E-state index contributed by atoms with van der Waals surface area (Å²) >= 11 is 1.24. The molecule has 0 bridgehead atoms. The maximum atomic E-state index is 13.6. The summed E-state index contributed by atoms with van der Waals surface area (Å²) in [5.41, 5.74) is 9.17. The Labute approximate surface area is 146 Å². The van der Waals surface area contributed by atoms with Crippen LogP contribution in [0.1, 0.15) is 16.1 Å². The summed E-state index contributed by atoms with van der Waals surface area (Å²) in [6.45, 7) is 0. The third-order valence-corrected chi connectivity index (χ3v) is 4.54. The Morgan fingerprint density at radius 1 is 1.27 bits per heavy atom. The van der Waals surface area contributed by atoms with Gasteiger partial charge in [-0.15, -0.1) is 26.6 Å². The molecule has 0 atom stereocenters. The van der Waals surface area contributed by atoms with Gasteiger partial charge in [0.15, 0.2) is 22.8 Å². The predicted octanol–water partition coefficient (Wildman–Crippen LogP) is 2.10. The van der Waals surface area contributed by atoms with Crippen LogP contribution >= 0.6 is 11.3 Å². The van der Waals surface area contributed by atoms with Crippen molar-refractivity contribution in [2.75, 3.05) is 5.73 Å². The van der Waals surface area contributed by atoms with E-state index >= 15 is 0 Å². The van der Waals surface area contributed by atoms with Gasteiger partial charge in [0.05, 0.1) is 21.5 Å². The van der Waals surface area contributed by atoms with Crippen molar-refractivity contribution in [1.82, 2.24) is 24.8 Å². The zero-order valence-corrected chi connectivity index (χ0v) is 13.5. The molecule has 4 N–H and O–H groups in total. The summed E-state index contributed by atoms with van der Waals surface area (Å²) < 4.78 is 41.8. The van der Waals surface area contributed by atoms with Gasteiger partial charge in [-0.05, 0) is 17.5 Å². The normalized spacial score (nSPS) is 12.1. The van der Waals surface area contributed by atoms with Crippen LogP contribution in [-0.2, 0) is 6.18 Å². The van der Waals surface area contributed by atoms with Gasteiger partial charge in [-0.25, -0.2) is 4.98 Å². The first kappa shape index (κ1) is 16.2. The number of nitrogens with zero attached hydrogens (tertiary/aromatic N) is 5. The van der Waals surface area contributed by atoms with Crippen LogP contribution < -0.4 is 11.5 Å². The lowest BCUT2D eigenvalue weighted by atomic mass is 10.1. The topological polar surface area (TPSA) is 125 Å². The minimum absolute atomic E-state index is 0.116. The van der Waals surface area contributed by atoms with Crippen LogP contribution in [-0.4, -0.2) is 30.7 Å². The van der Waals surface area contributed by atoms with Crippen molar-refractivity contribution >= 4 is 39.7 Å². The van der Waals surface area contributed by atoms with Crippen LogP contribution in [0, 0.1) is 0 Å². The number of rotatable bonds is 2. The van der Waals surface area contributed by atoms with Crippen LogP contribution in [0.25, 0.3) is 27.3 Å². The highest BCUT2D eigenvalue weighted by molar-refractivity contribution is 7.13. The van der Waals surface area contributed by atoms with E-state index in [4.69, 9.17) is 11.5 Å². The molecule has 0 aromatic carbocycles. The van der Waals surface area contributed by atoms with E-state index in [1.54, 1.807) is 17.5 Å². The highest BCUT2D eigenvalue weighted by atomic mass is 32.1. The van der Waals surface area contributed by atoms with Crippen molar-refractivity contribution in [3.8, 4) is 10.6 Å². The fourth-order valence-electron chi connectivity index (χ4n) is 2.53. The Balaban J connectivity index is 2.14. The number of amides is 1. The summed E-state index contributed by atoms with van der Waals surface area (Å²) in [5, 5.41) is 12.5. The Kier molecular flexibility index (Phi) is 3.34. The molecule has 1 amide bonds. The fraction of sp³-hybridized carbons (Fsp3) is 0.0714. The SMILES string of the molecule is NC(=O)c1nnc2c3c(C(F)(F)F)cc(-c4cccs4)nc3nn2c1N. The first-order valence-electron chi connectivity index (χ1n) is 7.04. The van der Waals surface area contributed by atoms with E-state index in [1.807, 2.05) is 0 Å². The fourth-order valence-corrected chi connectivity index (χ4v) is 3.22. The zero-order valence-electron chi connectivity index (χ0n) is 12.7. The molecule has 0 aliphatic heterocycles. The van der Waals surface area contributed by atoms with Gasteiger partial charge in [0.1, 0.15) is 0 Å². The molecule has 4 aromatic heterocycles. The Morgan fingerprint density at radius 3 is 2.65 bits per heavy atom. The van der Waals surface area contributed by atoms with E-state index in [0.29, 0.717) is 4.88 Å². The second-order valence-corrected chi connectivity index (χ2v) is 6.21. The molecule has 0 fully saturated rings. The number of primary amides is 1. The van der Waals surface area contributed by atoms with Crippen LogP contribution in [0.4, 0.5) is 19.0 Å². The highest BCUT2D eigenvalue weighted by Crippen LogP contribution is 2.38. The molecule has 8 nitrogen and oxygen atoms in total. The van der Waals surface area contributed by atoms with E-state index in [0.717, 1.165) is 10.6 Å². The molecule has 132 valence electrons. The standard InChI is InChI=1S/C14H8F3N7OS/c15-14(16,17)5-4-6(7-2-1-3-26-7)20-12-8(5)13-22-21-9(11(19)25)10(18)24(13)23-12/h1-4H,18H2,(H2,19,25). The Hall–Kier alpha value is -3.28. The summed E-state index contributed by atoms with van der Waals surface area (Å²) in [5.74, 6) is -1.29. The minimum Gasteiger partial charge on any atom is -0.382 e. The third kappa shape index (κ3) is 2.34. The number of pyridine rings is 1. The molecule has 0 radical (unpaired) electrons. The lowest BCUT2D eigenvalue weighted by Crippen LogP contribution is -2.19. The van der Waals surface area contributed by atoms with Gasteiger partial charge in [0.2, 0.25) is 0 Å². The first-order chi connectivity index (χ1) is 12.3. The van der Waals surface area contributed by atoms with Gasteiger partial charge >= 0.3 is 6.18 Å². The van der Waals surface area contributed by atoms with Crippen molar-refractivity contribution in [3.05, 3.63) is 34.8 Å². The van der Waals surface area contributed by atoms with Crippen molar-refractivity contribution < 1.29 is 18.0 Å². The van der Waals surface area contributed by atoms with Gasteiger partial charge in [-0.3, -0.25) is 4.79 Å². The molecule has 0 aliphatic rings. The lowest BCUT2D eigenvalue weighted by Gasteiger charge is -2.09. The number of carbonyl (C=O) groups excluding carboxylic acids is 1. The molecule has 0 spiro atoms. The minimum atomic E-state index is -4.68. The van der Waals surface area contributed by atoms with E-state index < -0.39 is 23.3 Å². The second-order valence-electron chi connectivity index (χ2n) is 5.26. The van der Waals surface area contributed by atoms with E-state index in [9.17, 15) is 18.0 Å². The number of hydrogen-bond donors (Lipinski definition) is 2. The summed E-state index contributed by atoms with van der Waals surface area (Å²) in [7, 11) is 0. The van der Waals surface area contributed by atoms with Crippen LogP contribution in [0.3, 0.4) is 0 Å². The van der Waals surface area contributed by atoms with E-state index in [-0.39, 0.29) is 28.2 Å². The first-order valence-corrected chi connectivity index (χ1v) is 7.92. The molecule has 0 saturated carbocycles.